The lowest BCUT2D eigenvalue weighted by atomic mass is 10.2. The number of hydrogen-bond acceptors (Lipinski definition) is 4. The molecule has 0 amide bonds. The molecule has 6 heteroatoms. The van der Waals surface area contributed by atoms with Crippen molar-refractivity contribution in [2.75, 3.05) is 18.5 Å². The molecule has 0 unspecified atom stereocenters. The van der Waals surface area contributed by atoms with Crippen molar-refractivity contribution in [2.45, 2.75) is 32.2 Å². The van der Waals surface area contributed by atoms with E-state index in [0.717, 1.165) is 25.7 Å². The lowest BCUT2D eigenvalue weighted by molar-refractivity contribution is 0.283. The van der Waals surface area contributed by atoms with Gasteiger partial charge in [-0.1, -0.05) is 30.4 Å². The number of hydrogen-bond donors (Lipinski definition) is 2. The summed E-state index contributed by atoms with van der Waals surface area (Å²) in [6.07, 6.45) is 10.3. The van der Waals surface area contributed by atoms with Crippen molar-refractivity contribution in [3.05, 3.63) is 21.6 Å². The van der Waals surface area contributed by atoms with Crippen LogP contribution in [-0.4, -0.2) is 28.0 Å². The highest BCUT2D eigenvalue weighted by atomic mass is 35.5. The maximum absolute atomic E-state index is 12.0. The zero-order chi connectivity index (χ0) is 14.1. The lowest BCUT2D eigenvalue weighted by Crippen LogP contribution is -2.26. The van der Waals surface area contributed by atoms with Gasteiger partial charge in [0.2, 0.25) is 0 Å². The standard InChI is InChI=1S/C13H18ClN3O2/c1-2-8-17-13(19)12(11(14)10-16-17)15-7-5-3-4-6-9-18/h1,10,15,18H,3-9H2. The molecule has 0 saturated heterocycles. The van der Waals surface area contributed by atoms with Gasteiger partial charge in [-0.2, -0.15) is 5.10 Å². The molecular formula is C13H18ClN3O2. The molecule has 0 aliphatic carbocycles. The van der Waals surface area contributed by atoms with Crippen molar-refractivity contribution in [3.63, 3.8) is 0 Å². The summed E-state index contributed by atoms with van der Waals surface area (Å²) in [6.45, 7) is 1.00. The van der Waals surface area contributed by atoms with Gasteiger partial charge >= 0.3 is 0 Å². The average molecular weight is 284 g/mol. The van der Waals surface area contributed by atoms with Gasteiger partial charge in [-0.05, 0) is 12.8 Å². The number of anilines is 1. The van der Waals surface area contributed by atoms with Crippen molar-refractivity contribution < 1.29 is 5.11 Å². The molecule has 0 aliphatic heterocycles. The fourth-order valence-electron chi connectivity index (χ4n) is 1.63. The Labute approximate surface area is 117 Å². The molecule has 1 aromatic rings. The number of nitrogens with zero attached hydrogens (tertiary/aromatic N) is 2. The topological polar surface area (TPSA) is 67.2 Å². The first-order chi connectivity index (χ1) is 9.20. The molecule has 0 radical (unpaired) electrons. The summed E-state index contributed by atoms with van der Waals surface area (Å²) in [4.78, 5) is 12.0. The normalized spacial score (nSPS) is 10.2. The van der Waals surface area contributed by atoms with E-state index in [-0.39, 0.29) is 18.7 Å². The highest BCUT2D eigenvalue weighted by Gasteiger charge is 2.08. The fourth-order valence-corrected chi connectivity index (χ4v) is 1.82. The smallest absolute Gasteiger partial charge is 0.292 e. The van der Waals surface area contributed by atoms with Crippen LogP contribution in [0, 0.1) is 12.3 Å². The number of rotatable bonds is 8. The highest BCUT2D eigenvalue weighted by molar-refractivity contribution is 6.32. The number of halogens is 1. The van der Waals surface area contributed by atoms with Crippen molar-refractivity contribution in [1.29, 1.82) is 0 Å². The molecule has 5 nitrogen and oxygen atoms in total. The van der Waals surface area contributed by atoms with Gasteiger partial charge in [0, 0.05) is 13.2 Å². The third kappa shape index (κ3) is 4.93. The minimum atomic E-state index is -0.305. The third-order valence-corrected chi connectivity index (χ3v) is 2.91. The summed E-state index contributed by atoms with van der Waals surface area (Å²) in [5.41, 5.74) is 0.0369. The first-order valence-corrected chi connectivity index (χ1v) is 6.62. The average Bonchev–Trinajstić information content (AvgIpc) is 2.40. The number of aliphatic hydroxyl groups excluding tert-OH is 1. The van der Waals surface area contributed by atoms with Crippen molar-refractivity contribution in [3.8, 4) is 12.3 Å². The Bertz CT molecular complexity index is 494. The second kappa shape index (κ2) is 8.57. The fraction of sp³-hybridized carbons (Fsp3) is 0.538. The molecule has 1 rings (SSSR count). The van der Waals surface area contributed by atoms with E-state index < -0.39 is 0 Å². The van der Waals surface area contributed by atoms with Crippen LogP contribution in [0.4, 0.5) is 5.69 Å². The van der Waals surface area contributed by atoms with E-state index in [2.05, 4.69) is 16.3 Å². The van der Waals surface area contributed by atoms with Crippen LogP contribution in [0.5, 0.6) is 0 Å². The maximum atomic E-state index is 12.0. The van der Waals surface area contributed by atoms with Gasteiger partial charge in [-0.15, -0.1) is 6.42 Å². The van der Waals surface area contributed by atoms with E-state index in [1.54, 1.807) is 0 Å². The van der Waals surface area contributed by atoms with E-state index in [0.29, 0.717) is 17.3 Å². The van der Waals surface area contributed by atoms with Crippen molar-refractivity contribution in [1.82, 2.24) is 9.78 Å². The molecule has 0 bridgehead atoms. The summed E-state index contributed by atoms with van der Waals surface area (Å²) >= 11 is 5.94. The van der Waals surface area contributed by atoms with Gasteiger partial charge in [0.25, 0.3) is 5.56 Å². The first-order valence-electron chi connectivity index (χ1n) is 6.24. The molecule has 0 fully saturated rings. The molecule has 1 heterocycles. The maximum Gasteiger partial charge on any atom is 0.292 e. The van der Waals surface area contributed by atoms with E-state index in [1.807, 2.05) is 0 Å². The summed E-state index contributed by atoms with van der Waals surface area (Å²) < 4.78 is 1.19. The number of terminal acetylenes is 1. The van der Waals surface area contributed by atoms with Crippen LogP contribution in [-0.2, 0) is 6.54 Å². The SMILES string of the molecule is C#CCn1ncc(Cl)c(NCCCCCCO)c1=O. The van der Waals surface area contributed by atoms with Gasteiger partial charge in [-0.3, -0.25) is 4.79 Å². The lowest BCUT2D eigenvalue weighted by Gasteiger charge is -2.09. The summed E-state index contributed by atoms with van der Waals surface area (Å²) in [6, 6.07) is 0. The van der Waals surface area contributed by atoms with Crippen LogP contribution in [0.3, 0.4) is 0 Å². The zero-order valence-corrected chi connectivity index (χ0v) is 11.5. The van der Waals surface area contributed by atoms with Crippen LogP contribution in [0.2, 0.25) is 5.02 Å². The molecule has 1 aromatic heterocycles. The van der Waals surface area contributed by atoms with Gasteiger partial charge < -0.3 is 10.4 Å². The number of aliphatic hydroxyl groups is 1. The third-order valence-electron chi connectivity index (χ3n) is 2.63. The Kier molecular flexibility index (Phi) is 7.01. The Morgan fingerprint density at radius 2 is 2.16 bits per heavy atom. The van der Waals surface area contributed by atoms with E-state index in [9.17, 15) is 4.79 Å². The predicted octanol–water partition coefficient (Wildman–Crippen LogP) is 1.49. The molecule has 0 spiro atoms. The molecule has 0 aliphatic rings. The first kappa shape index (κ1) is 15.5. The second-order valence-corrected chi connectivity index (χ2v) is 4.51. The Morgan fingerprint density at radius 3 is 2.84 bits per heavy atom. The largest absolute Gasteiger partial charge is 0.396 e. The summed E-state index contributed by atoms with van der Waals surface area (Å²) in [5, 5.41) is 15.8. The number of aromatic nitrogens is 2. The predicted molar refractivity (Wildman–Crippen MR) is 76.4 cm³/mol. The number of unbranched alkanes of at least 4 members (excludes halogenated alkanes) is 3. The molecular weight excluding hydrogens is 266 g/mol. The molecule has 19 heavy (non-hydrogen) atoms. The second-order valence-electron chi connectivity index (χ2n) is 4.10. The Hall–Kier alpha value is -1.51. The van der Waals surface area contributed by atoms with Crippen molar-refractivity contribution in [2.24, 2.45) is 0 Å². The molecule has 0 aromatic carbocycles. The number of nitrogens with one attached hydrogen (secondary N) is 1. The molecule has 0 saturated carbocycles. The van der Waals surface area contributed by atoms with Gasteiger partial charge in [0.1, 0.15) is 12.2 Å². The van der Waals surface area contributed by atoms with Gasteiger partial charge in [-0.25, -0.2) is 4.68 Å². The Balaban J connectivity index is 2.55. The van der Waals surface area contributed by atoms with Gasteiger partial charge in [0.05, 0.1) is 11.2 Å². The summed E-state index contributed by atoms with van der Waals surface area (Å²) in [7, 11) is 0. The summed E-state index contributed by atoms with van der Waals surface area (Å²) in [5.74, 6) is 2.37. The van der Waals surface area contributed by atoms with E-state index in [4.69, 9.17) is 23.1 Å². The van der Waals surface area contributed by atoms with Crippen LogP contribution in [0.1, 0.15) is 25.7 Å². The monoisotopic (exact) mass is 283 g/mol. The zero-order valence-electron chi connectivity index (χ0n) is 10.7. The van der Waals surface area contributed by atoms with Gasteiger partial charge in [0.15, 0.2) is 0 Å². The van der Waals surface area contributed by atoms with E-state index >= 15 is 0 Å². The van der Waals surface area contributed by atoms with E-state index in [1.165, 1.54) is 10.9 Å². The van der Waals surface area contributed by atoms with Crippen LogP contribution in [0.25, 0.3) is 0 Å². The minimum absolute atomic E-state index is 0.126. The minimum Gasteiger partial charge on any atom is -0.396 e. The molecule has 104 valence electrons. The molecule has 0 atom stereocenters. The Morgan fingerprint density at radius 1 is 1.42 bits per heavy atom. The van der Waals surface area contributed by atoms with Crippen molar-refractivity contribution >= 4 is 17.3 Å². The quantitative estimate of drug-likeness (QED) is 0.560. The van der Waals surface area contributed by atoms with Crippen LogP contribution >= 0.6 is 11.6 Å². The van der Waals surface area contributed by atoms with Crippen LogP contribution < -0.4 is 10.9 Å². The highest BCUT2D eigenvalue weighted by Crippen LogP contribution is 2.15. The van der Waals surface area contributed by atoms with Crippen LogP contribution in [0.15, 0.2) is 11.0 Å². The molecule has 2 N–H and O–H groups in total.